The molecule has 186 valence electrons. The lowest BCUT2D eigenvalue weighted by molar-refractivity contribution is -0.126. The van der Waals surface area contributed by atoms with Crippen LogP contribution >= 0.6 is 0 Å². The summed E-state index contributed by atoms with van der Waals surface area (Å²) < 4.78 is 38.6. The van der Waals surface area contributed by atoms with Crippen molar-refractivity contribution >= 4 is 15.9 Å². The second-order valence-corrected chi connectivity index (χ2v) is 11.3. The van der Waals surface area contributed by atoms with Crippen molar-refractivity contribution in [2.24, 2.45) is 11.8 Å². The quantitative estimate of drug-likeness (QED) is 0.568. The van der Waals surface area contributed by atoms with Gasteiger partial charge in [-0.05, 0) is 62.4 Å². The third-order valence-corrected chi connectivity index (χ3v) is 8.01. The van der Waals surface area contributed by atoms with Crippen molar-refractivity contribution in [3.63, 3.8) is 0 Å². The van der Waals surface area contributed by atoms with E-state index in [1.807, 2.05) is 32.0 Å². The largest absolute Gasteiger partial charge is 0.493 e. The van der Waals surface area contributed by atoms with E-state index in [4.69, 9.17) is 9.47 Å². The van der Waals surface area contributed by atoms with E-state index in [2.05, 4.69) is 19.2 Å². The Morgan fingerprint density at radius 1 is 1.06 bits per heavy atom. The van der Waals surface area contributed by atoms with E-state index < -0.39 is 10.0 Å². The SMILES string of the molecule is COc1cc(C(C)NC(=O)C2CCN(S(=O)(=O)c3ccc(C)cc3)CC2)ccc1OCC(C)C. The lowest BCUT2D eigenvalue weighted by Crippen LogP contribution is -2.43. The molecular formula is C26H36N2O5S. The molecule has 1 amide bonds. The second-order valence-electron chi connectivity index (χ2n) is 9.34. The zero-order valence-corrected chi connectivity index (χ0v) is 21.5. The van der Waals surface area contributed by atoms with Crippen LogP contribution < -0.4 is 14.8 Å². The molecule has 3 rings (SSSR count). The number of nitrogens with one attached hydrogen (secondary N) is 1. The van der Waals surface area contributed by atoms with Crippen LogP contribution in [0.4, 0.5) is 0 Å². The van der Waals surface area contributed by atoms with Gasteiger partial charge < -0.3 is 14.8 Å². The van der Waals surface area contributed by atoms with Gasteiger partial charge in [-0.15, -0.1) is 0 Å². The van der Waals surface area contributed by atoms with Crippen molar-refractivity contribution in [3.05, 3.63) is 53.6 Å². The Bertz CT molecular complexity index is 1070. The molecule has 0 bridgehead atoms. The molecule has 1 atom stereocenters. The summed E-state index contributed by atoms with van der Waals surface area (Å²) in [5.74, 6) is 1.44. The van der Waals surface area contributed by atoms with Gasteiger partial charge in [0.05, 0.1) is 24.7 Å². The zero-order chi connectivity index (χ0) is 24.9. The number of carbonyl (C=O) groups excluding carboxylic acids is 1. The number of rotatable bonds is 9. The van der Waals surface area contributed by atoms with E-state index in [-0.39, 0.29) is 17.9 Å². The Hall–Kier alpha value is -2.58. The molecule has 0 spiro atoms. The van der Waals surface area contributed by atoms with Crippen molar-refractivity contribution in [1.29, 1.82) is 0 Å². The number of methoxy groups -OCH3 is 1. The van der Waals surface area contributed by atoms with E-state index in [0.717, 1.165) is 11.1 Å². The average Bonchev–Trinajstić information content (AvgIpc) is 2.82. The van der Waals surface area contributed by atoms with Gasteiger partial charge in [-0.3, -0.25) is 4.79 Å². The average molecular weight is 489 g/mol. The Balaban J connectivity index is 1.58. The minimum absolute atomic E-state index is 0.0565. The van der Waals surface area contributed by atoms with Crippen molar-refractivity contribution in [1.82, 2.24) is 9.62 Å². The molecule has 0 aliphatic carbocycles. The number of nitrogens with zero attached hydrogens (tertiary/aromatic N) is 1. The third kappa shape index (κ3) is 6.30. The van der Waals surface area contributed by atoms with E-state index in [9.17, 15) is 13.2 Å². The Labute approximate surface area is 203 Å². The molecule has 1 N–H and O–H groups in total. The number of sulfonamides is 1. The van der Waals surface area contributed by atoms with Crippen LogP contribution in [0, 0.1) is 18.8 Å². The molecule has 1 unspecified atom stereocenters. The van der Waals surface area contributed by atoms with Crippen molar-refractivity contribution in [3.8, 4) is 11.5 Å². The van der Waals surface area contributed by atoms with E-state index in [1.165, 1.54) is 4.31 Å². The highest BCUT2D eigenvalue weighted by molar-refractivity contribution is 7.89. The first-order valence-electron chi connectivity index (χ1n) is 11.8. The number of amides is 1. The number of benzene rings is 2. The third-order valence-electron chi connectivity index (χ3n) is 6.10. The van der Waals surface area contributed by atoms with Crippen molar-refractivity contribution in [2.45, 2.75) is 51.5 Å². The highest BCUT2D eigenvalue weighted by atomic mass is 32.2. The normalized spacial score (nSPS) is 16.3. The smallest absolute Gasteiger partial charge is 0.243 e. The molecular weight excluding hydrogens is 452 g/mol. The number of hydrogen-bond acceptors (Lipinski definition) is 5. The lowest BCUT2D eigenvalue weighted by atomic mass is 9.96. The van der Waals surface area contributed by atoms with Crippen LogP contribution in [0.5, 0.6) is 11.5 Å². The summed E-state index contributed by atoms with van der Waals surface area (Å²) in [5.41, 5.74) is 1.93. The monoisotopic (exact) mass is 488 g/mol. The van der Waals surface area contributed by atoms with Crippen LogP contribution in [-0.4, -0.2) is 45.4 Å². The number of aryl methyl sites for hydroxylation is 1. The molecule has 34 heavy (non-hydrogen) atoms. The Morgan fingerprint density at radius 3 is 2.29 bits per heavy atom. The first kappa shape index (κ1) is 26.0. The first-order valence-corrected chi connectivity index (χ1v) is 13.2. The molecule has 0 radical (unpaired) electrons. The fraction of sp³-hybridized carbons (Fsp3) is 0.500. The fourth-order valence-electron chi connectivity index (χ4n) is 3.96. The first-order chi connectivity index (χ1) is 16.1. The Morgan fingerprint density at radius 2 is 1.71 bits per heavy atom. The molecule has 2 aromatic rings. The molecule has 1 saturated heterocycles. The lowest BCUT2D eigenvalue weighted by Gasteiger charge is -2.31. The summed E-state index contributed by atoms with van der Waals surface area (Å²) in [6, 6.07) is 12.3. The van der Waals surface area contributed by atoms with Crippen LogP contribution in [0.2, 0.25) is 0 Å². The van der Waals surface area contributed by atoms with Crippen LogP contribution in [-0.2, 0) is 14.8 Å². The van der Waals surface area contributed by atoms with Gasteiger partial charge in [0.15, 0.2) is 11.5 Å². The number of ether oxygens (including phenoxy) is 2. The zero-order valence-electron chi connectivity index (χ0n) is 20.7. The van der Waals surface area contributed by atoms with Gasteiger partial charge in [-0.2, -0.15) is 4.31 Å². The van der Waals surface area contributed by atoms with Crippen molar-refractivity contribution in [2.75, 3.05) is 26.8 Å². The predicted octanol–water partition coefficient (Wildman–Crippen LogP) is 4.32. The molecule has 0 aromatic heterocycles. The molecule has 0 saturated carbocycles. The second kappa shape index (κ2) is 11.2. The predicted molar refractivity (Wildman–Crippen MR) is 133 cm³/mol. The Kier molecular flexibility index (Phi) is 8.60. The molecule has 8 heteroatoms. The maximum atomic E-state index is 12.9. The van der Waals surface area contributed by atoms with E-state index in [0.29, 0.717) is 54.9 Å². The van der Waals surface area contributed by atoms with E-state index >= 15 is 0 Å². The van der Waals surface area contributed by atoms with E-state index in [1.54, 1.807) is 31.4 Å². The van der Waals surface area contributed by atoms with Crippen LogP contribution in [0.3, 0.4) is 0 Å². The molecule has 1 aliphatic rings. The molecule has 1 aliphatic heterocycles. The van der Waals surface area contributed by atoms with Gasteiger partial charge in [0.1, 0.15) is 0 Å². The summed E-state index contributed by atoms with van der Waals surface area (Å²) >= 11 is 0. The minimum Gasteiger partial charge on any atom is -0.493 e. The summed E-state index contributed by atoms with van der Waals surface area (Å²) in [7, 11) is -1.94. The molecule has 1 heterocycles. The number of piperidine rings is 1. The van der Waals surface area contributed by atoms with Crippen molar-refractivity contribution < 1.29 is 22.7 Å². The maximum absolute atomic E-state index is 12.9. The van der Waals surface area contributed by atoms with Crippen LogP contribution in [0.15, 0.2) is 47.4 Å². The maximum Gasteiger partial charge on any atom is 0.243 e. The fourth-order valence-corrected chi connectivity index (χ4v) is 5.43. The number of carbonyl (C=O) groups is 1. The summed E-state index contributed by atoms with van der Waals surface area (Å²) in [6.07, 6.45) is 0.990. The van der Waals surface area contributed by atoms with Gasteiger partial charge in [0, 0.05) is 19.0 Å². The molecule has 2 aromatic carbocycles. The van der Waals surface area contributed by atoms with Crippen LogP contribution in [0.1, 0.15) is 50.8 Å². The van der Waals surface area contributed by atoms with Gasteiger partial charge >= 0.3 is 0 Å². The topological polar surface area (TPSA) is 84.9 Å². The summed E-state index contributed by atoms with van der Waals surface area (Å²) in [4.78, 5) is 13.2. The van der Waals surface area contributed by atoms with Gasteiger partial charge in [-0.25, -0.2) is 8.42 Å². The highest BCUT2D eigenvalue weighted by Crippen LogP contribution is 2.31. The summed E-state index contributed by atoms with van der Waals surface area (Å²) in [6.45, 7) is 9.28. The highest BCUT2D eigenvalue weighted by Gasteiger charge is 2.32. The van der Waals surface area contributed by atoms with Gasteiger partial charge in [-0.1, -0.05) is 37.6 Å². The van der Waals surface area contributed by atoms with Crippen LogP contribution in [0.25, 0.3) is 0 Å². The minimum atomic E-state index is -3.54. The molecule has 7 nitrogen and oxygen atoms in total. The standard InChI is InChI=1S/C26H36N2O5S/c1-18(2)17-33-24-11-8-22(16-25(24)32-5)20(4)27-26(29)21-12-14-28(15-13-21)34(30,31)23-9-6-19(3)7-10-23/h6-11,16,18,20-21H,12-15,17H2,1-5H3,(H,27,29). The number of hydrogen-bond donors (Lipinski definition) is 1. The molecule has 1 fully saturated rings. The summed E-state index contributed by atoms with van der Waals surface area (Å²) in [5, 5.41) is 3.08. The van der Waals surface area contributed by atoms with Gasteiger partial charge in [0.25, 0.3) is 0 Å². The van der Waals surface area contributed by atoms with Gasteiger partial charge in [0.2, 0.25) is 15.9 Å².